The summed E-state index contributed by atoms with van der Waals surface area (Å²) in [5.41, 5.74) is 3.67. The third kappa shape index (κ3) is 2.92. The summed E-state index contributed by atoms with van der Waals surface area (Å²) in [4.78, 5) is 12.4. The predicted octanol–water partition coefficient (Wildman–Crippen LogP) is 2.98. The van der Waals surface area contributed by atoms with Crippen molar-refractivity contribution in [1.82, 2.24) is 5.43 Å². The number of amides is 1. The van der Waals surface area contributed by atoms with Gasteiger partial charge in [0, 0.05) is 11.5 Å². The van der Waals surface area contributed by atoms with Gasteiger partial charge in [-0.1, -0.05) is 19.8 Å². The highest BCUT2D eigenvalue weighted by Gasteiger charge is 2.64. The first kappa shape index (κ1) is 15.8. The zero-order valence-electron chi connectivity index (χ0n) is 14.0. The van der Waals surface area contributed by atoms with Crippen LogP contribution in [0.3, 0.4) is 0 Å². The number of fused-ring (bicyclic) bond motifs is 1. The molecule has 3 atom stereocenters. The number of benzene rings is 1. The average molecular weight is 316 g/mol. The second kappa shape index (κ2) is 6.22. The van der Waals surface area contributed by atoms with E-state index >= 15 is 0 Å². The molecule has 2 fully saturated rings. The highest BCUT2D eigenvalue weighted by Crippen LogP contribution is 2.66. The lowest BCUT2D eigenvalue weighted by atomic mass is 9.90. The summed E-state index contributed by atoms with van der Waals surface area (Å²) in [7, 11) is 3.22. The van der Waals surface area contributed by atoms with Crippen molar-refractivity contribution in [3.05, 3.63) is 23.8 Å². The van der Waals surface area contributed by atoms with E-state index in [9.17, 15) is 4.79 Å². The van der Waals surface area contributed by atoms with Crippen molar-refractivity contribution in [1.29, 1.82) is 0 Å². The van der Waals surface area contributed by atoms with Gasteiger partial charge in [-0.05, 0) is 42.4 Å². The number of carbonyl (C=O) groups is 1. The number of nitrogens with zero attached hydrogens (tertiary/aromatic N) is 1. The number of hydrogen-bond acceptors (Lipinski definition) is 4. The molecule has 5 nitrogen and oxygen atoms in total. The maximum Gasteiger partial charge on any atom is 0.244 e. The normalized spacial score (nSPS) is 29.0. The molecule has 0 spiro atoms. The molecule has 3 rings (SSSR count). The van der Waals surface area contributed by atoms with Crippen LogP contribution in [0.5, 0.6) is 11.5 Å². The molecule has 0 bridgehead atoms. The van der Waals surface area contributed by atoms with Gasteiger partial charge in [0.1, 0.15) is 11.5 Å². The standard InChI is InChI=1S/C18H24N2O3/c1-18-9-5-4-6-14(18)16(18)17(21)20-19-11-12-10-13(22-2)7-8-15(12)23-3/h7-8,10-11,14,16H,4-6,9H2,1-3H3,(H,20,21)/b19-11-/t14-,16+,18-/m0/s1. The van der Waals surface area contributed by atoms with Crippen LogP contribution in [-0.4, -0.2) is 26.3 Å². The number of carbonyl (C=O) groups excluding carboxylic acids is 1. The van der Waals surface area contributed by atoms with Gasteiger partial charge in [0.15, 0.2) is 0 Å². The third-order valence-corrected chi connectivity index (χ3v) is 5.43. The maximum atomic E-state index is 12.4. The summed E-state index contributed by atoms with van der Waals surface area (Å²) in [6, 6.07) is 5.47. The Morgan fingerprint density at radius 3 is 2.83 bits per heavy atom. The fourth-order valence-electron chi connectivity index (χ4n) is 4.03. The van der Waals surface area contributed by atoms with Gasteiger partial charge in [0.25, 0.3) is 0 Å². The molecule has 0 aliphatic heterocycles. The highest BCUT2D eigenvalue weighted by atomic mass is 16.5. The Balaban J connectivity index is 1.64. The molecule has 0 saturated heterocycles. The van der Waals surface area contributed by atoms with E-state index in [1.165, 1.54) is 19.3 Å². The molecule has 1 aromatic rings. The molecule has 0 unspecified atom stereocenters. The van der Waals surface area contributed by atoms with Crippen molar-refractivity contribution in [3.8, 4) is 11.5 Å². The molecule has 23 heavy (non-hydrogen) atoms. The second-order valence-corrected chi connectivity index (χ2v) is 6.68. The number of hydrazone groups is 1. The van der Waals surface area contributed by atoms with Crippen molar-refractivity contribution in [2.75, 3.05) is 14.2 Å². The first-order valence-corrected chi connectivity index (χ1v) is 8.15. The lowest BCUT2D eigenvalue weighted by Crippen LogP contribution is -2.22. The van der Waals surface area contributed by atoms with E-state index in [2.05, 4.69) is 17.5 Å². The van der Waals surface area contributed by atoms with Crippen LogP contribution < -0.4 is 14.9 Å². The van der Waals surface area contributed by atoms with E-state index in [0.29, 0.717) is 11.7 Å². The number of ether oxygens (including phenoxy) is 2. The summed E-state index contributed by atoms with van der Waals surface area (Å²) >= 11 is 0. The number of nitrogens with one attached hydrogen (secondary N) is 1. The minimum Gasteiger partial charge on any atom is -0.497 e. The summed E-state index contributed by atoms with van der Waals surface area (Å²) in [5, 5.41) is 4.12. The van der Waals surface area contributed by atoms with Gasteiger partial charge >= 0.3 is 0 Å². The first-order chi connectivity index (χ1) is 11.1. The van der Waals surface area contributed by atoms with Crippen LogP contribution in [0.25, 0.3) is 0 Å². The van der Waals surface area contributed by atoms with Gasteiger partial charge in [-0.15, -0.1) is 0 Å². The van der Waals surface area contributed by atoms with Gasteiger partial charge < -0.3 is 9.47 Å². The van der Waals surface area contributed by atoms with Crippen LogP contribution >= 0.6 is 0 Å². The summed E-state index contributed by atoms with van der Waals surface area (Å²) < 4.78 is 10.5. The molecule has 2 aliphatic carbocycles. The average Bonchev–Trinajstić information content (AvgIpc) is 3.20. The van der Waals surface area contributed by atoms with E-state index in [4.69, 9.17) is 9.47 Å². The van der Waals surface area contributed by atoms with Crippen molar-refractivity contribution < 1.29 is 14.3 Å². The van der Waals surface area contributed by atoms with Gasteiger partial charge in [-0.2, -0.15) is 5.10 Å². The van der Waals surface area contributed by atoms with Crippen molar-refractivity contribution in [3.63, 3.8) is 0 Å². The molecule has 0 radical (unpaired) electrons. The van der Waals surface area contributed by atoms with Crippen molar-refractivity contribution in [2.45, 2.75) is 32.6 Å². The molecule has 0 aromatic heterocycles. The Bertz CT molecular complexity index is 629. The largest absolute Gasteiger partial charge is 0.497 e. The minimum atomic E-state index is 0.0394. The predicted molar refractivity (Wildman–Crippen MR) is 88.8 cm³/mol. The second-order valence-electron chi connectivity index (χ2n) is 6.68. The quantitative estimate of drug-likeness (QED) is 0.671. The molecule has 1 amide bonds. The molecule has 124 valence electrons. The first-order valence-electron chi connectivity index (χ1n) is 8.15. The van der Waals surface area contributed by atoms with Gasteiger partial charge in [0.2, 0.25) is 5.91 Å². The van der Waals surface area contributed by atoms with Gasteiger partial charge in [-0.3, -0.25) is 4.79 Å². The Morgan fingerprint density at radius 1 is 1.35 bits per heavy atom. The fourth-order valence-corrected chi connectivity index (χ4v) is 4.03. The smallest absolute Gasteiger partial charge is 0.244 e. The molecular weight excluding hydrogens is 292 g/mol. The number of hydrogen-bond donors (Lipinski definition) is 1. The Labute approximate surface area is 137 Å². The topological polar surface area (TPSA) is 59.9 Å². The zero-order chi connectivity index (χ0) is 16.4. The van der Waals surface area contributed by atoms with Crippen LogP contribution in [0, 0.1) is 17.3 Å². The molecule has 2 aliphatic rings. The highest BCUT2D eigenvalue weighted by molar-refractivity contribution is 5.87. The minimum absolute atomic E-state index is 0.0394. The molecule has 2 saturated carbocycles. The fraction of sp³-hybridized carbons (Fsp3) is 0.556. The van der Waals surface area contributed by atoms with Crippen LogP contribution in [-0.2, 0) is 4.79 Å². The Hall–Kier alpha value is -2.04. The molecular formula is C18H24N2O3. The van der Waals surface area contributed by atoms with E-state index in [1.807, 2.05) is 18.2 Å². The van der Waals surface area contributed by atoms with Crippen LogP contribution in [0.15, 0.2) is 23.3 Å². The number of rotatable bonds is 5. The van der Waals surface area contributed by atoms with Crippen LogP contribution in [0.1, 0.15) is 38.2 Å². The van der Waals surface area contributed by atoms with E-state index in [1.54, 1.807) is 20.4 Å². The van der Waals surface area contributed by atoms with Crippen molar-refractivity contribution in [2.24, 2.45) is 22.4 Å². The van der Waals surface area contributed by atoms with Crippen molar-refractivity contribution >= 4 is 12.1 Å². The van der Waals surface area contributed by atoms with Crippen LogP contribution in [0.4, 0.5) is 0 Å². The number of methoxy groups -OCH3 is 2. The zero-order valence-corrected chi connectivity index (χ0v) is 14.0. The van der Waals surface area contributed by atoms with Gasteiger partial charge in [-0.25, -0.2) is 5.43 Å². The lowest BCUT2D eigenvalue weighted by molar-refractivity contribution is -0.123. The van der Waals surface area contributed by atoms with Gasteiger partial charge in [0.05, 0.1) is 20.4 Å². The third-order valence-electron chi connectivity index (χ3n) is 5.43. The molecule has 1 N–H and O–H groups in total. The molecule has 5 heteroatoms. The van der Waals surface area contributed by atoms with Crippen LogP contribution in [0.2, 0.25) is 0 Å². The lowest BCUT2D eigenvalue weighted by Gasteiger charge is -2.15. The summed E-state index contributed by atoms with van der Waals surface area (Å²) in [6.45, 7) is 2.23. The maximum absolute atomic E-state index is 12.4. The Morgan fingerprint density at radius 2 is 2.17 bits per heavy atom. The summed E-state index contributed by atoms with van der Waals surface area (Å²) in [5.74, 6) is 2.11. The summed E-state index contributed by atoms with van der Waals surface area (Å²) in [6.07, 6.45) is 6.41. The SMILES string of the molecule is COc1ccc(OC)c(/C=N\NC(=O)[C@H]2[C@@H]3CCCC[C@@]32C)c1. The molecule has 1 aromatic carbocycles. The van der Waals surface area contributed by atoms with E-state index < -0.39 is 0 Å². The van der Waals surface area contributed by atoms with E-state index in [0.717, 1.165) is 17.7 Å². The van der Waals surface area contributed by atoms with E-state index in [-0.39, 0.29) is 17.2 Å². The Kier molecular flexibility index (Phi) is 4.28. The monoisotopic (exact) mass is 316 g/mol. The molecule has 0 heterocycles.